The van der Waals surface area contributed by atoms with Crippen LogP contribution in [0.5, 0.6) is 0 Å². The number of aromatic carboxylic acids is 1. The number of aromatic amines is 1. The lowest BCUT2D eigenvalue weighted by atomic mass is 10.1. The molecule has 6 heteroatoms. The van der Waals surface area contributed by atoms with Crippen molar-refractivity contribution >= 4 is 11.9 Å². The van der Waals surface area contributed by atoms with Gasteiger partial charge in [0, 0.05) is 6.04 Å². The molecule has 0 fully saturated rings. The number of nitrogens with zero attached hydrogens (tertiary/aromatic N) is 1. The Hall–Kier alpha value is -2.63. The number of carbonyl (C=O) groups excluding carboxylic acids is 2. The molecule has 0 aliphatic carbocycles. The van der Waals surface area contributed by atoms with Crippen LogP contribution in [0.3, 0.4) is 0 Å². The van der Waals surface area contributed by atoms with Gasteiger partial charge in [0.05, 0.1) is 18.0 Å². The van der Waals surface area contributed by atoms with Crippen LogP contribution in [0.2, 0.25) is 0 Å². The Labute approximate surface area is 115 Å². The van der Waals surface area contributed by atoms with Crippen LogP contribution in [0.15, 0.2) is 36.7 Å². The van der Waals surface area contributed by atoms with Crippen molar-refractivity contribution < 1.29 is 14.7 Å². The highest BCUT2D eigenvalue weighted by Gasteiger charge is 2.17. The molecule has 1 unspecified atom stereocenters. The predicted octanol–water partition coefficient (Wildman–Crippen LogP) is 0.134. The molecule has 0 aliphatic heterocycles. The Morgan fingerprint density at radius 3 is 2.70 bits per heavy atom. The maximum absolute atomic E-state index is 11.9. The second kappa shape index (κ2) is 6.01. The van der Waals surface area contributed by atoms with E-state index in [2.05, 4.69) is 15.3 Å². The molecule has 104 valence electrons. The highest BCUT2D eigenvalue weighted by Crippen LogP contribution is 2.05. The molecule has 6 nitrogen and oxygen atoms in total. The first-order chi connectivity index (χ1) is 9.58. The minimum atomic E-state index is -1.46. The average Bonchev–Trinajstić information content (AvgIpc) is 2.89. The molecule has 1 atom stereocenters. The van der Waals surface area contributed by atoms with E-state index in [1.165, 1.54) is 0 Å². The number of hydrogen-bond donors (Lipinski definition) is 2. The molecule has 0 bridgehead atoms. The van der Waals surface area contributed by atoms with Gasteiger partial charge in [0.1, 0.15) is 0 Å². The number of nitrogens with one attached hydrogen (secondary N) is 2. The Kier molecular flexibility index (Phi) is 4.14. The van der Waals surface area contributed by atoms with E-state index in [4.69, 9.17) is 0 Å². The number of hydrogen-bond acceptors (Lipinski definition) is 4. The van der Waals surface area contributed by atoms with Crippen LogP contribution < -0.4 is 10.4 Å². The molecule has 2 N–H and O–H groups in total. The topological polar surface area (TPSA) is 97.9 Å². The first-order valence-electron chi connectivity index (χ1n) is 6.17. The van der Waals surface area contributed by atoms with Crippen LogP contribution in [0.25, 0.3) is 0 Å². The van der Waals surface area contributed by atoms with Crippen molar-refractivity contribution in [3.8, 4) is 0 Å². The standard InChI is InChI=1S/C14H15N3O3/c1-9(7-10-5-3-2-4-6-10)17-13(18)11-12(14(19)20)16-8-15-11/h2-6,8-9H,7H2,1H3,(H,15,16)(H,17,18)(H,19,20)/p-1. The summed E-state index contributed by atoms with van der Waals surface area (Å²) in [7, 11) is 0. The van der Waals surface area contributed by atoms with Crippen LogP contribution in [-0.4, -0.2) is 27.9 Å². The first-order valence-corrected chi connectivity index (χ1v) is 6.17. The van der Waals surface area contributed by atoms with Gasteiger partial charge in [-0.25, -0.2) is 4.98 Å². The summed E-state index contributed by atoms with van der Waals surface area (Å²) in [4.78, 5) is 28.8. The lowest BCUT2D eigenvalue weighted by Gasteiger charge is -2.13. The zero-order chi connectivity index (χ0) is 14.5. The molecule has 0 saturated heterocycles. The van der Waals surface area contributed by atoms with Gasteiger partial charge in [0.25, 0.3) is 5.91 Å². The third kappa shape index (κ3) is 3.23. The van der Waals surface area contributed by atoms with Gasteiger partial charge in [-0.1, -0.05) is 30.3 Å². The van der Waals surface area contributed by atoms with Crippen LogP contribution >= 0.6 is 0 Å². The van der Waals surface area contributed by atoms with E-state index in [0.717, 1.165) is 11.9 Å². The van der Waals surface area contributed by atoms with Crippen LogP contribution in [0.1, 0.15) is 33.5 Å². The summed E-state index contributed by atoms with van der Waals surface area (Å²) >= 11 is 0. The summed E-state index contributed by atoms with van der Waals surface area (Å²) in [5.41, 5.74) is 0.613. The van der Waals surface area contributed by atoms with Gasteiger partial charge in [-0.3, -0.25) is 4.79 Å². The van der Waals surface area contributed by atoms with E-state index in [-0.39, 0.29) is 17.4 Å². The highest BCUT2D eigenvalue weighted by atomic mass is 16.4. The zero-order valence-electron chi connectivity index (χ0n) is 10.9. The number of imidazole rings is 1. The third-order valence-electron chi connectivity index (χ3n) is 2.82. The van der Waals surface area contributed by atoms with Crippen molar-refractivity contribution in [2.45, 2.75) is 19.4 Å². The smallest absolute Gasteiger partial charge is 0.272 e. The lowest BCUT2D eigenvalue weighted by molar-refractivity contribution is -0.255. The summed E-state index contributed by atoms with van der Waals surface area (Å²) in [5.74, 6) is -1.99. The van der Waals surface area contributed by atoms with E-state index < -0.39 is 11.9 Å². The molecular formula is C14H14N3O3-. The molecule has 1 aromatic heterocycles. The quantitative estimate of drug-likeness (QED) is 0.808. The molecule has 1 heterocycles. The minimum absolute atomic E-state index is 0.142. The SMILES string of the molecule is CC(Cc1ccccc1)NC(=O)c1nc[nH]c1C(=O)[O-]. The number of carboxylic acids is 1. The second-order valence-corrected chi connectivity index (χ2v) is 4.48. The van der Waals surface area contributed by atoms with Gasteiger partial charge >= 0.3 is 0 Å². The molecule has 0 radical (unpaired) electrons. The van der Waals surface area contributed by atoms with Gasteiger partial charge in [0.15, 0.2) is 5.69 Å². The number of rotatable bonds is 5. The van der Waals surface area contributed by atoms with E-state index >= 15 is 0 Å². The molecule has 20 heavy (non-hydrogen) atoms. The van der Waals surface area contributed by atoms with Gasteiger partial charge in [0.2, 0.25) is 0 Å². The van der Waals surface area contributed by atoms with Crippen LogP contribution in [-0.2, 0) is 6.42 Å². The fraction of sp³-hybridized carbons (Fsp3) is 0.214. The molecule has 0 aliphatic rings. The van der Waals surface area contributed by atoms with E-state index in [1.54, 1.807) is 0 Å². The number of carbonyl (C=O) groups is 2. The molecule has 0 spiro atoms. The number of carboxylic acid groups (broad SMARTS) is 1. The number of H-pyrrole nitrogens is 1. The van der Waals surface area contributed by atoms with Crippen molar-refractivity contribution in [2.75, 3.05) is 0 Å². The van der Waals surface area contributed by atoms with E-state index in [0.29, 0.717) is 6.42 Å². The monoisotopic (exact) mass is 272 g/mol. The first kappa shape index (κ1) is 13.8. The highest BCUT2D eigenvalue weighted by molar-refractivity contribution is 6.01. The zero-order valence-corrected chi connectivity index (χ0v) is 10.9. The van der Waals surface area contributed by atoms with E-state index in [9.17, 15) is 14.7 Å². The summed E-state index contributed by atoms with van der Waals surface area (Å²) < 4.78 is 0. The second-order valence-electron chi connectivity index (χ2n) is 4.48. The minimum Gasteiger partial charge on any atom is -0.543 e. The molecule has 2 rings (SSSR count). The molecule has 1 aromatic carbocycles. The Bertz CT molecular complexity index is 607. The summed E-state index contributed by atoms with van der Waals surface area (Å²) in [6, 6.07) is 9.55. The summed E-state index contributed by atoms with van der Waals surface area (Å²) in [6.45, 7) is 1.84. The number of aromatic nitrogens is 2. The lowest BCUT2D eigenvalue weighted by Crippen LogP contribution is -2.36. The largest absolute Gasteiger partial charge is 0.543 e. The summed E-state index contributed by atoms with van der Waals surface area (Å²) in [5, 5.41) is 13.5. The fourth-order valence-electron chi connectivity index (χ4n) is 1.93. The number of benzene rings is 1. The van der Waals surface area contributed by atoms with Crippen molar-refractivity contribution in [2.24, 2.45) is 0 Å². The van der Waals surface area contributed by atoms with Crippen LogP contribution in [0, 0.1) is 0 Å². The fourth-order valence-corrected chi connectivity index (χ4v) is 1.93. The number of amides is 1. The Balaban J connectivity index is 2.01. The van der Waals surface area contributed by atoms with Crippen molar-refractivity contribution in [1.82, 2.24) is 15.3 Å². The molecular weight excluding hydrogens is 258 g/mol. The molecule has 2 aromatic rings. The van der Waals surface area contributed by atoms with Crippen LogP contribution in [0.4, 0.5) is 0 Å². The summed E-state index contributed by atoms with van der Waals surface area (Å²) in [6.07, 6.45) is 1.81. The molecule has 0 saturated carbocycles. The molecule has 1 amide bonds. The van der Waals surface area contributed by atoms with E-state index in [1.807, 2.05) is 37.3 Å². The van der Waals surface area contributed by atoms with Gasteiger partial charge in [-0.05, 0) is 18.9 Å². The maximum Gasteiger partial charge on any atom is 0.272 e. The van der Waals surface area contributed by atoms with Crippen molar-refractivity contribution in [3.63, 3.8) is 0 Å². The van der Waals surface area contributed by atoms with Crippen molar-refractivity contribution in [3.05, 3.63) is 53.6 Å². The van der Waals surface area contributed by atoms with Gasteiger partial charge < -0.3 is 20.2 Å². The average molecular weight is 272 g/mol. The predicted molar refractivity (Wildman–Crippen MR) is 70.0 cm³/mol. The Morgan fingerprint density at radius 2 is 2.05 bits per heavy atom. The van der Waals surface area contributed by atoms with Gasteiger partial charge in [-0.15, -0.1) is 0 Å². The Morgan fingerprint density at radius 1 is 1.35 bits per heavy atom. The normalized spacial score (nSPS) is 11.8. The maximum atomic E-state index is 11.9. The van der Waals surface area contributed by atoms with Gasteiger partial charge in [-0.2, -0.15) is 0 Å². The van der Waals surface area contributed by atoms with Crippen molar-refractivity contribution in [1.29, 1.82) is 0 Å². The third-order valence-corrected chi connectivity index (χ3v) is 2.82.